The maximum Gasteiger partial charge on any atom is 0.342 e. The van der Waals surface area contributed by atoms with Crippen molar-refractivity contribution in [1.29, 1.82) is 0 Å². The van der Waals surface area contributed by atoms with E-state index in [-0.39, 0.29) is 29.3 Å². The third-order valence-corrected chi connectivity index (χ3v) is 6.06. The molecule has 7 nitrogen and oxygen atoms in total. The minimum absolute atomic E-state index is 0.0281. The lowest BCUT2D eigenvalue weighted by Crippen LogP contribution is -2.23. The zero-order chi connectivity index (χ0) is 23.4. The number of fused-ring (bicyclic) bond motifs is 2. The van der Waals surface area contributed by atoms with Crippen molar-refractivity contribution in [2.75, 3.05) is 0 Å². The molecule has 0 aliphatic carbocycles. The van der Waals surface area contributed by atoms with Crippen molar-refractivity contribution in [3.8, 4) is 11.5 Å². The Kier molecular flexibility index (Phi) is 6.87. The molecule has 2 aromatic rings. The van der Waals surface area contributed by atoms with Crippen molar-refractivity contribution in [2.24, 2.45) is 0 Å². The average molecular weight is 450 g/mol. The number of ether oxygens (including phenoxy) is 2. The van der Waals surface area contributed by atoms with E-state index in [2.05, 4.69) is 4.98 Å². The highest BCUT2D eigenvalue weighted by Gasteiger charge is 2.35. The fourth-order valence-electron chi connectivity index (χ4n) is 4.39. The highest BCUT2D eigenvalue weighted by Crippen LogP contribution is 2.47. The Balaban J connectivity index is 1.80. The number of esters is 2. The number of aromatic hydroxyl groups is 1. The van der Waals surface area contributed by atoms with Crippen LogP contribution in [-0.2, 0) is 14.3 Å². The van der Waals surface area contributed by atoms with Crippen LogP contribution in [0.25, 0.3) is 6.08 Å². The Morgan fingerprint density at radius 2 is 1.97 bits per heavy atom. The lowest BCUT2D eigenvalue weighted by Gasteiger charge is -2.27. The molecule has 2 unspecified atom stereocenters. The minimum atomic E-state index is -0.646. The van der Waals surface area contributed by atoms with Crippen LogP contribution in [0.3, 0.4) is 0 Å². The molecule has 2 aliphatic heterocycles. The minimum Gasteiger partial charge on any atom is -0.507 e. The van der Waals surface area contributed by atoms with Crippen molar-refractivity contribution in [2.45, 2.75) is 63.9 Å². The number of aromatic nitrogens is 1. The van der Waals surface area contributed by atoms with Gasteiger partial charge in [-0.1, -0.05) is 18.2 Å². The fraction of sp³-hybridized carbons (Fsp3) is 0.385. The predicted molar refractivity (Wildman–Crippen MR) is 121 cm³/mol. The van der Waals surface area contributed by atoms with E-state index in [4.69, 9.17) is 9.47 Å². The summed E-state index contributed by atoms with van der Waals surface area (Å²) in [6.07, 6.45) is 9.98. The van der Waals surface area contributed by atoms with E-state index < -0.39 is 24.0 Å². The molecule has 0 spiro atoms. The number of carbonyl (C=O) groups excluding carboxylic acids is 3. The maximum absolute atomic E-state index is 13.2. The molecular weight excluding hydrogens is 422 g/mol. The topological polar surface area (TPSA) is 103 Å². The molecule has 0 amide bonds. The smallest absolute Gasteiger partial charge is 0.342 e. The molecule has 4 rings (SSSR count). The zero-order valence-electron chi connectivity index (χ0n) is 18.6. The second kappa shape index (κ2) is 9.98. The van der Waals surface area contributed by atoms with Gasteiger partial charge in [0, 0.05) is 36.7 Å². The third kappa shape index (κ3) is 5.13. The summed E-state index contributed by atoms with van der Waals surface area (Å²) in [5.41, 5.74) is 1.59. The van der Waals surface area contributed by atoms with Crippen molar-refractivity contribution >= 4 is 23.8 Å². The molecule has 0 bridgehead atoms. The average Bonchev–Trinajstić information content (AvgIpc) is 2.78. The number of phenolic OH excluding ortho intramolecular Hbond substituents is 1. The Bertz CT molecular complexity index is 1090. The molecule has 0 radical (unpaired) electrons. The first-order chi connectivity index (χ1) is 15.9. The summed E-state index contributed by atoms with van der Waals surface area (Å²) in [4.78, 5) is 41.6. The Morgan fingerprint density at radius 3 is 2.76 bits per heavy atom. The molecule has 33 heavy (non-hydrogen) atoms. The van der Waals surface area contributed by atoms with Gasteiger partial charge in [-0.15, -0.1) is 0 Å². The van der Waals surface area contributed by atoms with Gasteiger partial charge in [-0.25, -0.2) is 4.79 Å². The molecule has 7 heteroatoms. The number of carbonyl (C=O) groups is 3. The fourth-order valence-corrected chi connectivity index (χ4v) is 4.39. The quantitative estimate of drug-likeness (QED) is 0.497. The van der Waals surface area contributed by atoms with Gasteiger partial charge in [-0.05, 0) is 55.9 Å². The SMILES string of the molecule is CC1CCCC(=O)CCCC=Cc2cc3c(c(O)c2C(=O)O1)C(c1cccnc1)CC(=O)O3. The molecule has 0 saturated heterocycles. The molecule has 2 aliphatic rings. The Hall–Kier alpha value is -3.48. The number of Topliss-reactive ketones (excluding diaryl/α,β-unsaturated/α-hetero) is 1. The van der Waals surface area contributed by atoms with Crippen molar-refractivity contribution < 1.29 is 29.0 Å². The van der Waals surface area contributed by atoms with E-state index in [9.17, 15) is 19.5 Å². The van der Waals surface area contributed by atoms with Gasteiger partial charge in [-0.2, -0.15) is 0 Å². The van der Waals surface area contributed by atoms with Crippen molar-refractivity contribution in [3.05, 3.63) is 58.9 Å². The third-order valence-electron chi connectivity index (χ3n) is 6.06. The maximum atomic E-state index is 13.2. The number of pyridine rings is 1. The number of cyclic esters (lactones) is 1. The van der Waals surface area contributed by atoms with Gasteiger partial charge in [0.05, 0.1) is 12.5 Å². The van der Waals surface area contributed by atoms with Crippen LogP contribution in [0.15, 0.2) is 36.7 Å². The summed E-state index contributed by atoms with van der Waals surface area (Å²) >= 11 is 0. The van der Waals surface area contributed by atoms with Crippen LogP contribution in [0.1, 0.15) is 84.8 Å². The first-order valence-corrected chi connectivity index (χ1v) is 11.3. The van der Waals surface area contributed by atoms with Gasteiger partial charge in [-0.3, -0.25) is 14.6 Å². The summed E-state index contributed by atoms with van der Waals surface area (Å²) < 4.78 is 11.1. The lowest BCUT2D eigenvalue weighted by atomic mass is 9.84. The number of nitrogens with zero attached hydrogens (tertiary/aromatic N) is 1. The van der Waals surface area contributed by atoms with E-state index in [1.54, 1.807) is 37.5 Å². The molecule has 1 aromatic carbocycles. The Morgan fingerprint density at radius 1 is 1.15 bits per heavy atom. The van der Waals surface area contributed by atoms with Crippen molar-refractivity contribution in [1.82, 2.24) is 4.98 Å². The first-order valence-electron chi connectivity index (χ1n) is 11.3. The van der Waals surface area contributed by atoms with E-state index in [1.165, 1.54) is 0 Å². The van der Waals surface area contributed by atoms with Gasteiger partial charge < -0.3 is 14.6 Å². The highest BCUT2D eigenvalue weighted by atomic mass is 16.5. The molecule has 0 fully saturated rings. The highest BCUT2D eigenvalue weighted by molar-refractivity contribution is 5.98. The Labute approximate surface area is 192 Å². The molecule has 3 heterocycles. The van der Waals surface area contributed by atoms with Crippen LogP contribution in [-0.4, -0.2) is 33.9 Å². The summed E-state index contributed by atoms with van der Waals surface area (Å²) in [7, 11) is 0. The van der Waals surface area contributed by atoms with Crippen LogP contribution in [0.4, 0.5) is 0 Å². The van der Waals surface area contributed by atoms with E-state index in [0.29, 0.717) is 49.7 Å². The normalized spacial score (nSPS) is 21.9. The summed E-state index contributed by atoms with van der Waals surface area (Å²) in [5, 5.41) is 11.3. The van der Waals surface area contributed by atoms with E-state index in [1.807, 2.05) is 12.1 Å². The number of rotatable bonds is 1. The summed E-state index contributed by atoms with van der Waals surface area (Å²) in [6, 6.07) is 5.19. The zero-order valence-corrected chi connectivity index (χ0v) is 18.6. The standard InChI is InChI=1S/C26H27NO6/c1-16-7-5-11-19(28)10-4-2-3-8-17-13-21-24(25(30)23(17)26(31)32-16)20(14-22(29)33-21)18-9-6-12-27-15-18/h3,6,8-9,12-13,15-16,20,30H,2,4-5,7,10-11,14H2,1H3. The molecule has 172 valence electrons. The lowest BCUT2D eigenvalue weighted by molar-refractivity contribution is -0.135. The van der Waals surface area contributed by atoms with E-state index in [0.717, 1.165) is 5.56 Å². The second-order valence-electron chi connectivity index (χ2n) is 8.56. The van der Waals surface area contributed by atoms with Crippen LogP contribution in [0.2, 0.25) is 0 Å². The van der Waals surface area contributed by atoms with Crippen LogP contribution in [0, 0.1) is 0 Å². The van der Waals surface area contributed by atoms with Crippen LogP contribution < -0.4 is 4.74 Å². The molecule has 1 aromatic heterocycles. The largest absolute Gasteiger partial charge is 0.507 e. The number of hydrogen-bond donors (Lipinski definition) is 1. The second-order valence-corrected chi connectivity index (χ2v) is 8.56. The van der Waals surface area contributed by atoms with Crippen molar-refractivity contribution in [3.63, 3.8) is 0 Å². The van der Waals surface area contributed by atoms with Gasteiger partial charge in [0.2, 0.25) is 0 Å². The van der Waals surface area contributed by atoms with Gasteiger partial charge in [0.1, 0.15) is 22.8 Å². The first kappa shape index (κ1) is 22.7. The monoisotopic (exact) mass is 449 g/mol. The molecule has 0 saturated carbocycles. The number of ketones is 1. The van der Waals surface area contributed by atoms with Gasteiger partial charge in [0.15, 0.2) is 0 Å². The number of hydrogen-bond acceptors (Lipinski definition) is 7. The van der Waals surface area contributed by atoms with Gasteiger partial charge >= 0.3 is 11.9 Å². The molecular formula is C26H27NO6. The van der Waals surface area contributed by atoms with Crippen LogP contribution in [0.5, 0.6) is 11.5 Å². The number of allylic oxidation sites excluding steroid dienone is 1. The van der Waals surface area contributed by atoms with Crippen LogP contribution >= 0.6 is 0 Å². The summed E-state index contributed by atoms with van der Waals surface area (Å²) in [5.74, 6) is -1.37. The number of phenols is 1. The summed E-state index contributed by atoms with van der Waals surface area (Å²) in [6.45, 7) is 1.78. The molecule has 1 N–H and O–H groups in total. The molecule has 2 atom stereocenters. The predicted octanol–water partition coefficient (Wildman–Crippen LogP) is 4.71. The number of benzene rings is 1. The van der Waals surface area contributed by atoms with E-state index >= 15 is 0 Å². The van der Waals surface area contributed by atoms with Gasteiger partial charge in [0.25, 0.3) is 0 Å².